The second-order valence-electron chi connectivity index (χ2n) is 4.05. The van der Waals surface area contributed by atoms with Gasteiger partial charge in [-0.1, -0.05) is 0 Å². The second-order valence-corrected chi connectivity index (χ2v) is 4.05. The van der Waals surface area contributed by atoms with Gasteiger partial charge in [0.15, 0.2) is 11.5 Å². The van der Waals surface area contributed by atoms with Crippen LogP contribution in [0.5, 0.6) is 11.5 Å². The molecule has 1 aromatic carbocycles. The number of ether oxygens (including phenoxy) is 2. The Labute approximate surface area is 94.3 Å². The number of benzene rings is 1. The van der Waals surface area contributed by atoms with E-state index in [4.69, 9.17) is 15.2 Å². The van der Waals surface area contributed by atoms with E-state index in [0.29, 0.717) is 11.5 Å². The quantitative estimate of drug-likeness (QED) is 0.804. The maximum Gasteiger partial charge on any atom is 0.163 e. The minimum atomic E-state index is -0.476. The number of anilines is 1. The minimum absolute atomic E-state index is 0.0915. The number of methoxy groups -OCH3 is 1. The molecule has 1 aliphatic rings. The summed E-state index contributed by atoms with van der Waals surface area (Å²) in [5, 5.41) is 0. The summed E-state index contributed by atoms with van der Waals surface area (Å²) in [6, 6.07) is 2.76. The third kappa shape index (κ3) is 2.21. The van der Waals surface area contributed by atoms with Crippen LogP contribution >= 0.6 is 0 Å². The van der Waals surface area contributed by atoms with Gasteiger partial charge in [0, 0.05) is 12.1 Å². The monoisotopic (exact) mass is 225 g/mol. The summed E-state index contributed by atoms with van der Waals surface area (Å²) in [4.78, 5) is 0. The maximum atomic E-state index is 13.2. The second kappa shape index (κ2) is 4.60. The van der Waals surface area contributed by atoms with E-state index in [2.05, 4.69) is 0 Å². The zero-order chi connectivity index (χ0) is 11.5. The Balaban J connectivity index is 2.20. The molecule has 1 fully saturated rings. The van der Waals surface area contributed by atoms with Gasteiger partial charge in [-0.2, -0.15) is 0 Å². The van der Waals surface area contributed by atoms with Crippen LogP contribution < -0.4 is 15.2 Å². The van der Waals surface area contributed by atoms with E-state index in [1.165, 1.54) is 32.1 Å². The molecule has 3 nitrogen and oxygen atoms in total. The Hall–Kier alpha value is -1.45. The molecule has 2 N–H and O–H groups in total. The van der Waals surface area contributed by atoms with Gasteiger partial charge in [-0.3, -0.25) is 0 Å². The third-order valence-electron chi connectivity index (χ3n) is 2.88. The lowest BCUT2D eigenvalue weighted by Crippen LogP contribution is -2.12. The molecule has 1 aliphatic carbocycles. The van der Waals surface area contributed by atoms with Gasteiger partial charge in [0.1, 0.15) is 5.82 Å². The lowest BCUT2D eigenvalue weighted by atomic mass is 10.2. The fourth-order valence-corrected chi connectivity index (χ4v) is 1.99. The highest BCUT2D eigenvalue weighted by Crippen LogP contribution is 2.34. The normalized spacial score (nSPS) is 16.4. The Morgan fingerprint density at radius 2 is 1.94 bits per heavy atom. The van der Waals surface area contributed by atoms with E-state index in [9.17, 15) is 4.39 Å². The van der Waals surface area contributed by atoms with Crippen molar-refractivity contribution in [1.82, 2.24) is 0 Å². The molecule has 1 aromatic rings. The van der Waals surface area contributed by atoms with Crippen molar-refractivity contribution >= 4 is 5.69 Å². The van der Waals surface area contributed by atoms with Crippen LogP contribution in [0.3, 0.4) is 0 Å². The first kappa shape index (κ1) is 11.0. The highest BCUT2D eigenvalue weighted by atomic mass is 19.1. The van der Waals surface area contributed by atoms with Crippen LogP contribution in [0.4, 0.5) is 10.1 Å². The molecule has 16 heavy (non-hydrogen) atoms. The van der Waals surface area contributed by atoms with E-state index in [0.717, 1.165) is 12.8 Å². The molecule has 2 rings (SSSR count). The van der Waals surface area contributed by atoms with Crippen LogP contribution in [-0.2, 0) is 0 Å². The number of hydrogen-bond donors (Lipinski definition) is 1. The third-order valence-corrected chi connectivity index (χ3v) is 2.88. The van der Waals surface area contributed by atoms with Crippen molar-refractivity contribution in [3.8, 4) is 11.5 Å². The summed E-state index contributed by atoms with van der Waals surface area (Å²) in [5.41, 5.74) is 5.60. The predicted octanol–water partition coefficient (Wildman–Crippen LogP) is 2.74. The van der Waals surface area contributed by atoms with Crippen LogP contribution in [0, 0.1) is 5.82 Å². The number of rotatable bonds is 3. The molecular formula is C12H16FNO2. The van der Waals surface area contributed by atoms with Gasteiger partial charge in [0.25, 0.3) is 0 Å². The Bertz CT molecular complexity index is 376. The Morgan fingerprint density at radius 1 is 1.25 bits per heavy atom. The highest BCUT2D eigenvalue weighted by Gasteiger charge is 2.19. The first-order valence-electron chi connectivity index (χ1n) is 5.50. The number of halogens is 1. The van der Waals surface area contributed by atoms with Crippen LogP contribution in [0.25, 0.3) is 0 Å². The number of nitrogen functional groups attached to an aromatic ring is 1. The van der Waals surface area contributed by atoms with Gasteiger partial charge in [0.2, 0.25) is 0 Å². The Kier molecular flexibility index (Phi) is 3.17. The summed E-state index contributed by atoms with van der Waals surface area (Å²) in [5.74, 6) is 0.461. The van der Waals surface area contributed by atoms with Crippen molar-refractivity contribution in [1.29, 1.82) is 0 Å². The number of hydrogen-bond acceptors (Lipinski definition) is 3. The van der Waals surface area contributed by atoms with Crippen molar-refractivity contribution in [2.45, 2.75) is 31.8 Å². The number of nitrogens with two attached hydrogens (primary N) is 1. The van der Waals surface area contributed by atoms with E-state index in [1.54, 1.807) is 0 Å². The molecule has 0 unspecified atom stereocenters. The summed E-state index contributed by atoms with van der Waals surface area (Å²) in [7, 11) is 1.49. The summed E-state index contributed by atoms with van der Waals surface area (Å²) < 4.78 is 24.0. The molecule has 0 aromatic heterocycles. The van der Waals surface area contributed by atoms with Gasteiger partial charge in [-0.15, -0.1) is 0 Å². The predicted molar refractivity (Wildman–Crippen MR) is 60.2 cm³/mol. The molecule has 0 heterocycles. The average Bonchev–Trinajstić information content (AvgIpc) is 2.76. The van der Waals surface area contributed by atoms with Crippen LogP contribution in [0.2, 0.25) is 0 Å². The zero-order valence-electron chi connectivity index (χ0n) is 9.33. The lowest BCUT2D eigenvalue weighted by Gasteiger charge is -2.16. The molecule has 1 saturated carbocycles. The smallest absolute Gasteiger partial charge is 0.163 e. The Morgan fingerprint density at radius 3 is 2.56 bits per heavy atom. The summed E-state index contributed by atoms with van der Waals surface area (Å²) >= 11 is 0. The van der Waals surface area contributed by atoms with Gasteiger partial charge >= 0.3 is 0 Å². The van der Waals surface area contributed by atoms with Gasteiger partial charge < -0.3 is 15.2 Å². The van der Waals surface area contributed by atoms with Gasteiger partial charge in [0.05, 0.1) is 18.9 Å². The molecule has 0 saturated heterocycles. The maximum absolute atomic E-state index is 13.2. The largest absolute Gasteiger partial charge is 0.493 e. The summed E-state index contributed by atoms with van der Waals surface area (Å²) in [6.45, 7) is 0. The first-order chi connectivity index (χ1) is 7.70. The molecule has 88 valence electrons. The van der Waals surface area contributed by atoms with E-state index in [1.807, 2.05) is 0 Å². The zero-order valence-corrected chi connectivity index (χ0v) is 9.33. The molecular weight excluding hydrogens is 209 g/mol. The molecule has 0 aliphatic heterocycles. The van der Waals surface area contributed by atoms with Crippen LogP contribution in [-0.4, -0.2) is 13.2 Å². The topological polar surface area (TPSA) is 44.5 Å². The van der Waals surface area contributed by atoms with E-state index in [-0.39, 0.29) is 11.8 Å². The van der Waals surface area contributed by atoms with E-state index < -0.39 is 5.82 Å². The molecule has 0 amide bonds. The molecule has 0 atom stereocenters. The summed E-state index contributed by atoms with van der Waals surface area (Å²) in [6.07, 6.45) is 4.66. The average molecular weight is 225 g/mol. The van der Waals surface area contributed by atoms with Crippen LogP contribution in [0.1, 0.15) is 25.7 Å². The SMILES string of the molecule is COc1cc(F)c(N)cc1OC1CCCC1. The van der Waals surface area contributed by atoms with Crippen LogP contribution in [0.15, 0.2) is 12.1 Å². The lowest BCUT2D eigenvalue weighted by molar-refractivity contribution is 0.200. The van der Waals surface area contributed by atoms with Crippen molar-refractivity contribution in [3.63, 3.8) is 0 Å². The highest BCUT2D eigenvalue weighted by molar-refractivity contribution is 5.53. The van der Waals surface area contributed by atoms with Gasteiger partial charge in [-0.05, 0) is 25.7 Å². The van der Waals surface area contributed by atoms with Crippen molar-refractivity contribution in [3.05, 3.63) is 17.9 Å². The fourth-order valence-electron chi connectivity index (χ4n) is 1.99. The van der Waals surface area contributed by atoms with E-state index >= 15 is 0 Å². The molecule has 0 bridgehead atoms. The molecule has 0 spiro atoms. The molecule has 4 heteroatoms. The standard InChI is InChI=1S/C12H16FNO2/c1-15-11-6-9(13)10(14)7-12(11)16-8-4-2-3-5-8/h6-8H,2-5,14H2,1H3. The minimum Gasteiger partial charge on any atom is -0.493 e. The van der Waals surface area contributed by atoms with Crippen molar-refractivity contribution in [2.75, 3.05) is 12.8 Å². The van der Waals surface area contributed by atoms with Crippen molar-refractivity contribution < 1.29 is 13.9 Å². The van der Waals surface area contributed by atoms with Gasteiger partial charge in [-0.25, -0.2) is 4.39 Å². The van der Waals surface area contributed by atoms with Crippen molar-refractivity contribution in [2.24, 2.45) is 0 Å². The molecule has 0 radical (unpaired) electrons. The first-order valence-corrected chi connectivity index (χ1v) is 5.50. The fraction of sp³-hybridized carbons (Fsp3) is 0.500.